The Morgan fingerprint density at radius 1 is 0.806 bits per heavy atom. The summed E-state index contributed by atoms with van der Waals surface area (Å²) < 4.78 is 0. The number of hydrogen-bond acceptors (Lipinski definition) is 3. The highest BCUT2D eigenvalue weighted by Crippen LogP contribution is 2.32. The zero-order chi connectivity index (χ0) is 22.4. The Balaban J connectivity index is 1.58. The van der Waals surface area contributed by atoms with Crippen molar-refractivity contribution in [2.75, 3.05) is 11.9 Å². The fourth-order valence-corrected chi connectivity index (χ4v) is 3.71. The quantitative estimate of drug-likeness (QED) is 0.487. The summed E-state index contributed by atoms with van der Waals surface area (Å²) >= 11 is 0. The molecular formula is C26H30N2O3. The second-order valence-corrected chi connectivity index (χ2v) is 8.30. The zero-order valence-electron chi connectivity index (χ0n) is 18.6. The standard InChI is InChI=1S/C26H30N2O3/c1-17(2)21-13-8-14-22(18(3)4)26(21)27-25(30)16-31-28-24(29)15-20-11-7-10-19-9-5-6-12-23(19)20/h5-14,17-18H,15-16H2,1-4H3,(H,27,30)(H,28,29). The fraction of sp³-hybridized carbons (Fsp3) is 0.308. The van der Waals surface area contributed by atoms with Crippen molar-refractivity contribution in [2.24, 2.45) is 0 Å². The van der Waals surface area contributed by atoms with Gasteiger partial charge in [-0.3, -0.25) is 14.4 Å². The third kappa shape index (κ3) is 5.70. The molecule has 0 atom stereocenters. The molecule has 5 heteroatoms. The van der Waals surface area contributed by atoms with E-state index in [-0.39, 0.29) is 36.7 Å². The largest absolute Gasteiger partial charge is 0.323 e. The van der Waals surface area contributed by atoms with Crippen LogP contribution in [0.2, 0.25) is 0 Å². The molecule has 0 bridgehead atoms. The van der Waals surface area contributed by atoms with Crippen LogP contribution in [-0.2, 0) is 20.8 Å². The predicted octanol–water partition coefficient (Wildman–Crippen LogP) is 5.32. The van der Waals surface area contributed by atoms with Gasteiger partial charge in [0.1, 0.15) is 0 Å². The van der Waals surface area contributed by atoms with Crippen LogP contribution in [0.25, 0.3) is 10.8 Å². The van der Waals surface area contributed by atoms with E-state index in [1.807, 2.05) is 60.7 Å². The van der Waals surface area contributed by atoms with Gasteiger partial charge in [-0.2, -0.15) is 0 Å². The van der Waals surface area contributed by atoms with Crippen LogP contribution in [-0.4, -0.2) is 18.4 Å². The summed E-state index contributed by atoms with van der Waals surface area (Å²) in [4.78, 5) is 30.0. The number of amides is 2. The second kappa shape index (κ2) is 10.2. The number of hydrogen-bond donors (Lipinski definition) is 2. The Hall–Kier alpha value is -3.18. The average Bonchev–Trinajstić information content (AvgIpc) is 2.73. The Labute approximate surface area is 183 Å². The lowest BCUT2D eigenvalue weighted by atomic mass is 9.92. The average molecular weight is 419 g/mol. The van der Waals surface area contributed by atoms with Crippen LogP contribution >= 0.6 is 0 Å². The lowest BCUT2D eigenvalue weighted by molar-refractivity contribution is -0.136. The maximum absolute atomic E-state index is 12.5. The van der Waals surface area contributed by atoms with Crippen LogP contribution in [0.5, 0.6) is 0 Å². The normalized spacial score (nSPS) is 11.2. The van der Waals surface area contributed by atoms with Crippen molar-refractivity contribution in [1.29, 1.82) is 0 Å². The summed E-state index contributed by atoms with van der Waals surface area (Å²) in [6, 6.07) is 19.9. The molecule has 0 heterocycles. The first-order valence-electron chi connectivity index (χ1n) is 10.7. The van der Waals surface area contributed by atoms with E-state index in [1.54, 1.807) is 0 Å². The summed E-state index contributed by atoms with van der Waals surface area (Å²) in [5.41, 5.74) is 6.30. The van der Waals surface area contributed by atoms with Crippen molar-refractivity contribution in [2.45, 2.75) is 46.0 Å². The molecule has 0 aliphatic carbocycles. The van der Waals surface area contributed by atoms with Gasteiger partial charge in [0.25, 0.3) is 5.91 Å². The molecule has 0 radical (unpaired) electrons. The van der Waals surface area contributed by atoms with E-state index in [1.165, 1.54) is 0 Å². The van der Waals surface area contributed by atoms with Crippen LogP contribution in [0.15, 0.2) is 60.7 Å². The Bertz CT molecular complexity index is 1040. The minimum absolute atomic E-state index is 0.177. The molecule has 5 nitrogen and oxygen atoms in total. The molecule has 0 spiro atoms. The SMILES string of the molecule is CC(C)c1cccc(C(C)C)c1NC(=O)CONC(=O)Cc1cccc2ccccc12. The third-order valence-electron chi connectivity index (χ3n) is 5.26. The number of rotatable bonds is 8. The van der Waals surface area contributed by atoms with Crippen molar-refractivity contribution in [3.05, 3.63) is 77.4 Å². The van der Waals surface area contributed by atoms with Crippen LogP contribution in [0.3, 0.4) is 0 Å². The van der Waals surface area contributed by atoms with Gasteiger partial charge in [-0.25, -0.2) is 5.48 Å². The van der Waals surface area contributed by atoms with Gasteiger partial charge in [0.05, 0.1) is 6.42 Å². The number of carbonyl (C=O) groups excluding carboxylic acids is 2. The first kappa shape index (κ1) is 22.5. The summed E-state index contributed by atoms with van der Waals surface area (Å²) in [5, 5.41) is 5.09. The number of anilines is 1. The summed E-state index contributed by atoms with van der Waals surface area (Å²) in [5.74, 6) is -0.0549. The highest BCUT2D eigenvalue weighted by Gasteiger charge is 2.16. The number of nitrogens with one attached hydrogen (secondary N) is 2. The first-order valence-corrected chi connectivity index (χ1v) is 10.7. The monoisotopic (exact) mass is 418 g/mol. The first-order chi connectivity index (χ1) is 14.9. The van der Waals surface area contributed by atoms with Crippen molar-refractivity contribution in [3.8, 4) is 0 Å². The Kier molecular flexibility index (Phi) is 7.42. The number of fused-ring (bicyclic) bond motifs is 1. The third-order valence-corrected chi connectivity index (χ3v) is 5.26. The van der Waals surface area contributed by atoms with Gasteiger partial charge >= 0.3 is 0 Å². The molecule has 3 rings (SSSR count). The van der Waals surface area contributed by atoms with E-state index in [0.29, 0.717) is 0 Å². The van der Waals surface area contributed by atoms with Gasteiger partial charge in [0, 0.05) is 5.69 Å². The summed E-state index contributed by atoms with van der Waals surface area (Å²) in [6.07, 6.45) is 0.177. The van der Waals surface area contributed by atoms with Crippen LogP contribution in [0.4, 0.5) is 5.69 Å². The molecule has 0 unspecified atom stereocenters. The molecule has 2 N–H and O–H groups in total. The molecule has 2 amide bonds. The van der Waals surface area contributed by atoms with E-state index in [9.17, 15) is 9.59 Å². The molecule has 0 aromatic heterocycles. The minimum atomic E-state index is -0.305. The summed E-state index contributed by atoms with van der Waals surface area (Å²) in [7, 11) is 0. The van der Waals surface area contributed by atoms with Gasteiger partial charge in [0.2, 0.25) is 5.91 Å². The number of benzene rings is 3. The highest BCUT2D eigenvalue weighted by atomic mass is 16.7. The molecule has 0 aliphatic heterocycles. The molecule has 162 valence electrons. The Morgan fingerprint density at radius 3 is 2.10 bits per heavy atom. The van der Waals surface area contributed by atoms with E-state index in [2.05, 4.69) is 38.5 Å². The van der Waals surface area contributed by atoms with Gasteiger partial charge < -0.3 is 5.32 Å². The number of hydroxylamine groups is 1. The van der Waals surface area contributed by atoms with Gasteiger partial charge in [0.15, 0.2) is 6.61 Å². The predicted molar refractivity (Wildman–Crippen MR) is 125 cm³/mol. The lowest BCUT2D eigenvalue weighted by Gasteiger charge is -2.20. The zero-order valence-corrected chi connectivity index (χ0v) is 18.6. The molecular weight excluding hydrogens is 388 g/mol. The molecule has 0 fully saturated rings. The summed E-state index contributed by atoms with van der Waals surface area (Å²) in [6.45, 7) is 8.13. The molecule has 0 aliphatic rings. The van der Waals surface area contributed by atoms with Crippen molar-refractivity contribution < 1.29 is 14.4 Å². The lowest BCUT2D eigenvalue weighted by Crippen LogP contribution is -2.30. The molecule has 0 saturated carbocycles. The van der Waals surface area contributed by atoms with Crippen LogP contribution in [0.1, 0.15) is 56.2 Å². The topological polar surface area (TPSA) is 67.4 Å². The highest BCUT2D eigenvalue weighted by molar-refractivity contribution is 5.94. The van der Waals surface area contributed by atoms with E-state index in [4.69, 9.17) is 4.84 Å². The van der Waals surface area contributed by atoms with Crippen LogP contribution < -0.4 is 10.8 Å². The second-order valence-electron chi connectivity index (χ2n) is 8.30. The Morgan fingerprint density at radius 2 is 1.42 bits per heavy atom. The molecule has 0 saturated heterocycles. The van der Waals surface area contributed by atoms with E-state index in [0.717, 1.165) is 33.2 Å². The fourth-order valence-electron chi connectivity index (χ4n) is 3.71. The maximum atomic E-state index is 12.5. The van der Waals surface area contributed by atoms with Crippen molar-refractivity contribution >= 4 is 28.3 Å². The number of carbonyl (C=O) groups is 2. The van der Waals surface area contributed by atoms with Gasteiger partial charge in [-0.15, -0.1) is 0 Å². The van der Waals surface area contributed by atoms with Crippen LogP contribution in [0, 0.1) is 0 Å². The molecule has 31 heavy (non-hydrogen) atoms. The van der Waals surface area contributed by atoms with Gasteiger partial charge in [-0.05, 0) is 39.3 Å². The van der Waals surface area contributed by atoms with E-state index >= 15 is 0 Å². The van der Waals surface area contributed by atoms with Gasteiger partial charge in [-0.1, -0.05) is 88.4 Å². The molecule has 3 aromatic rings. The smallest absolute Gasteiger partial charge is 0.253 e. The minimum Gasteiger partial charge on any atom is -0.323 e. The van der Waals surface area contributed by atoms with Crippen molar-refractivity contribution in [1.82, 2.24) is 5.48 Å². The van der Waals surface area contributed by atoms with Crippen molar-refractivity contribution in [3.63, 3.8) is 0 Å². The molecule has 3 aromatic carbocycles. The maximum Gasteiger partial charge on any atom is 0.253 e. The van der Waals surface area contributed by atoms with E-state index < -0.39 is 0 Å². The number of para-hydroxylation sites is 1.